The molecular formula is C40H78N2O2. The van der Waals surface area contributed by atoms with E-state index >= 15 is 0 Å². The van der Waals surface area contributed by atoms with Crippen LogP contribution in [-0.4, -0.2) is 18.4 Å². The summed E-state index contributed by atoms with van der Waals surface area (Å²) in [5, 5.41) is 3.04. The molecule has 0 aromatic heterocycles. The summed E-state index contributed by atoms with van der Waals surface area (Å²) in [7, 11) is 0. The van der Waals surface area contributed by atoms with Crippen molar-refractivity contribution in [3.63, 3.8) is 0 Å². The van der Waals surface area contributed by atoms with Crippen molar-refractivity contribution < 1.29 is 9.59 Å². The Kier molecular flexibility index (Phi) is 41.9. The van der Waals surface area contributed by atoms with Crippen molar-refractivity contribution in [3.8, 4) is 0 Å². The van der Waals surface area contributed by atoms with Gasteiger partial charge >= 0.3 is 0 Å². The van der Waals surface area contributed by atoms with E-state index in [9.17, 15) is 9.59 Å². The summed E-state index contributed by atoms with van der Waals surface area (Å²) in [5.41, 5.74) is 5.09. The fraction of sp³-hybridized carbons (Fsp3) is 0.850. The Hall–Kier alpha value is -1.58. The Morgan fingerprint density at radius 1 is 0.455 bits per heavy atom. The first-order valence-corrected chi connectivity index (χ1v) is 19.4. The zero-order valence-corrected chi connectivity index (χ0v) is 30.1. The molecule has 0 fully saturated rings. The second-order valence-corrected chi connectivity index (χ2v) is 12.9. The molecule has 0 unspecified atom stereocenters. The molecule has 0 aliphatic carbocycles. The second-order valence-electron chi connectivity index (χ2n) is 12.9. The SMILES string of the molecule is CCCCC/C=C\C/C=C\CCCCCCCC(=O)NCCCCCC.CCCCCCCCCCCCCCCC(N)=O. The van der Waals surface area contributed by atoms with Gasteiger partial charge in [-0.15, -0.1) is 0 Å². The number of hydrogen-bond acceptors (Lipinski definition) is 2. The van der Waals surface area contributed by atoms with Gasteiger partial charge in [-0.05, 0) is 51.4 Å². The van der Waals surface area contributed by atoms with Gasteiger partial charge in [-0.25, -0.2) is 0 Å². The Bertz CT molecular complexity index is 629. The van der Waals surface area contributed by atoms with Crippen LogP contribution in [0.3, 0.4) is 0 Å². The lowest BCUT2D eigenvalue weighted by Crippen LogP contribution is -2.23. The molecule has 2 amide bonds. The van der Waals surface area contributed by atoms with Gasteiger partial charge in [0.05, 0.1) is 0 Å². The summed E-state index contributed by atoms with van der Waals surface area (Å²) in [6.45, 7) is 7.59. The largest absolute Gasteiger partial charge is 0.370 e. The molecule has 0 heterocycles. The number of nitrogens with two attached hydrogens (primary N) is 1. The fourth-order valence-corrected chi connectivity index (χ4v) is 5.28. The predicted molar refractivity (Wildman–Crippen MR) is 196 cm³/mol. The number of allylic oxidation sites excluding steroid dienone is 4. The monoisotopic (exact) mass is 619 g/mol. The molecule has 0 saturated carbocycles. The van der Waals surface area contributed by atoms with E-state index in [1.807, 2.05) is 0 Å². The molecule has 3 N–H and O–H groups in total. The molecule has 4 heteroatoms. The maximum absolute atomic E-state index is 11.7. The third-order valence-electron chi connectivity index (χ3n) is 8.23. The van der Waals surface area contributed by atoms with E-state index in [0.717, 1.165) is 32.2 Å². The Balaban J connectivity index is 0. The number of rotatable bonds is 33. The number of hydrogen-bond donors (Lipinski definition) is 2. The van der Waals surface area contributed by atoms with E-state index in [1.54, 1.807) is 0 Å². The first-order valence-electron chi connectivity index (χ1n) is 19.4. The van der Waals surface area contributed by atoms with Crippen molar-refractivity contribution >= 4 is 11.8 Å². The highest BCUT2D eigenvalue weighted by Gasteiger charge is 2.00. The van der Waals surface area contributed by atoms with Gasteiger partial charge in [0.15, 0.2) is 0 Å². The van der Waals surface area contributed by atoms with Crippen molar-refractivity contribution in [2.45, 2.75) is 213 Å². The van der Waals surface area contributed by atoms with Gasteiger partial charge in [0.25, 0.3) is 0 Å². The topological polar surface area (TPSA) is 72.2 Å². The molecule has 260 valence electrons. The summed E-state index contributed by atoms with van der Waals surface area (Å²) in [6, 6.07) is 0. The summed E-state index contributed by atoms with van der Waals surface area (Å²) >= 11 is 0. The average Bonchev–Trinajstić information content (AvgIpc) is 3.01. The Morgan fingerprint density at radius 2 is 0.818 bits per heavy atom. The van der Waals surface area contributed by atoms with Crippen LogP contribution in [0, 0.1) is 0 Å². The minimum Gasteiger partial charge on any atom is -0.370 e. The molecule has 0 radical (unpaired) electrons. The van der Waals surface area contributed by atoms with Crippen molar-refractivity contribution in [2.75, 3.05) is 6.54 Å². The molecule has 0 bridgehead atoms. The van der Waals surface area contributed by atoms with E-state index in [0.29, 0.717) is 12.8 Å². The van der Waals surface area contributed by atoms with Crippen molar-refractivity contribution in [1.82, 2.24) is 5.32 Å². The lowest BCUT2D eigenvalue weighted by atomic mass is 10.0. The number of primary amides is 1. The zero-order chi connectivity index (χ0) is 32.6. The third-order valence-corrected chi connectivity index (χ3v) is 8.23. The van der Waals surface area contributed by atoms with Crippen molar-refractivity contribution in [3.05, 3.63) is 24.3 Å². The van der Waals surface area contributed by atoms with Gasteiger partial charge in [0, 0.05) is 19.4 Å². The van der Waals surface area contributed by atoms with E-state index in [2.05, 4.69) is 50.4 Å². The molecule has 44 heavy (non-hydrogen) atoms. The van der Waals surface area contributed by atoms with Gasteiger partial charge in [0.1, 0.15) is 0 Å². The van der Waals surface area contributed by atoms with Gasteiger partial charge in [-0.3, -0.25) is 9.59 Å². The van der Waals surface area contributed by atoms with Crippen molar-refractivity contribution in [2.24, 2.45) is 5.73 Å². The van der Waals surface area contributed by atoms with E-state index in [-0.39, 0.29) is 11.8 Å². The standard InChI is InChI=1S/C24H45NO.C16H33NO/c1-3-5-7-9-10-11-12-13-14-15-16-17-18-19-20-22-24(26)25-23-21-8-6-4-2;1-2-3-4-5-6-7-8-9-10-11-12-13-14-15-16(17)18/h10-11,13-14H,3-9,12,15-23H2,1-2H3,(H,25,26);2-15H2,1H3,(H2,17,18)/b11-10-,14-13-;. The van der Waals surface area contributed by atoms with Crippen LogP contribution in [0.2, 0.25) is 0 Å². The van der Waals surface area contributed by atoms with Crippen molar-refractivity contribution in [1.29, 1.82) is 0 Å². The molecule has 0 rings (SSSR count). The number of carbonyl (C=O) groups is 2. The highest BCUT2D eigenvalue weighted by Crippen LogP contribution is 2.13. The Morgan fingerprint density at radius 3 is 1.30 bits per heavy atom. The van der Waals surface area contributed by atoms with Crippen LogP contribution in [0.4, 0.5) is 0 Å². The first kappa shape index (κ1) is 44.5. The molecule has 0 spiro atoms. The van der Waals surface area contributed by atoms with Crippen LogP contribution in [0.25, 0.3) is 0 Å². The van der Waals surface area contributed by atoms with Crippen LogP contribution >= 0.6 is 0 Å². The molecule has 0 aliphatic heterocycles. The number of amides is 2. The highest BCUT2D eigenvalue weighted by atomic mass is 16.1. The highest BCUT2D eigenvalue weighted by molar-refractivity contribution is 5.75. The third kappa shape index (κ3) is 44.9. The molecule has 0 aliphatic rings. The molecule has 0 aromatic carbocycles. The predicted octanol–water partition coefficient (Wildman–Crippen LogP) is 12.4. The summed E-state index contributed by atoms with van der Waals surface area (Å²) in [6.07, 6.45) is 46.3. The fourth-order valence-electron chi connectivity index (χ4n) is 5.28. The molecular weight excluding hydrogens is 540 g/mol. The quantitative estimate of drug-likeness (QED) is 0.0567. The van der Waals surface area contributed by atoms with Gasteiger partial charge in [-0.1, -0.05) is 173 Å². The molecule has 0 aromatic rings. The minimum absolute atomic E-state index is 0.155. The first-order chi connectivity index (χ1) is 21.6. The van der Waals surface area contributed by atoms with E-state index in [1.165, 1.54) is 154 Å². The summed E-state index contributed by atoms with van der Waals surface area (Å²) < 4.78 is 0. The van der Waals surface area contributed by atoms with Crippen LogP contribution in [0.5, 0.6) is 0 Å². The smallest absolute Gasteiger partial charge is 0.219 e. The minimum atomic E-state index is -0.155. The van der Waals surface area contributed by atoms with E-state index in [4.69, 9.17) is 5.73 Å². The second kappa shape index (κ2) is 41.4. The van der Waals surface area contributed by atoms with Crippen LogP contribution in [-0.2, 0) is 9.59 Å². The molecule has 0 saturated heterocycles. The van der Waals surface area contributed by atoms with Crippen LogP contribution < -0.4 is 11.1 Å². The van der Waals surface area contributed by atoms with Gasteiger partial charge < -0.3 is 11.1 Å². The number of unbranched alkanes of at least 4 members (excludes halogenated alkanes) is 23. The normalized spacial score (nSPS) is 11.2. The Labute approximate surface area is 276 Å². The maximum Gasteiger partial charge on any atom is 0.219 e. The zero-order valence-electron chi connectivity index (χ0n) is 30.1. The average molecular weight is 619 g/mol. The summed E-state index contributed by atoms with van der Waals surface area (Å²) in [5.74, 6) is 0.0882. The number of carbonyl (C=O) groups excluding carboxylic acids is 2. The molecule has 4 nitrogen and oxygen atoms in total. The van der Waals surface area contributed by atoms with Crippen LogP contribution in [0.1, 0.15) is 213 Å². The number of nitrogens with one attached hydrogen (secondary N) is 1. The lowest BCUT2D eigenvalue weighted by molar-refractivity contribution is -0.121. The van der Waals surface area contributed by atoms with Gasteiger partial charge in [0.2, 0.25) is 11.8 Å². The van der Waals surface area contributed by atoms with Crippen LogP contribution in [0.15, 0.2) is 24.3 Å². The maximum atomic E-state index is 11.7. The lowest BCUT2D eigenvalue weighted by Gasteiger charge is -2.05. The van der Waals surface area contributed by atoms with E-state index < -0.39 is 0 Å². The molecule has 0 atom stereocenters. The van der Waals surface area contributed by atoms with Gasteiger partial charge in [-0.2, -0.15) is 0 Å². The summed E-state index contributed by atoms with van der Waals surface area (Å²) in [4.78, 5) is 22.2.